The monoisotopic (exact) mass is 260 g/mol. The molecule has 0 saturated heterocycles. The predicted molar refractivity (Wildman–Crippen MR) is 61.9 cm³/mol. The maximum Gasteiger partial charge on any atom is 0.348 e. The van der Waals surface area contributed by atoms with Crippen LogP contribution in [0.25, 0.3) is 0 Å². The third kappa shape index (κ3) is 4.52. The van der Waals surface area contributed by atoms with Crippen molar-refractivity contribution in [1.29, 1.82) is 0 Å². The molecule has 0 aliphatic heterocycles. The smallest absolute Gasteiger partial charge is 0.321 e. The Balaban J connectivity index is 2.75. The van der Waals surface area contributed by atoms with Gasteiger partial charge in [0.25, 0.3) is 5.56 Å². The first-order valence-electron chi connectivity index (χ1n) is 4.83. The summed E-state index contributed by atoms with van der Waals surface area (Å²) >= 11 is 0. The minimum absolute atomic E-state index is 0.243. The van der Waals surface area contributed by atoms with Gasteiger partial charge < -0.3 is 14.4 Å². The van der Waals surface area contributed by atoms with Crippen molar-refractivity contribution in [3.63, 3.8) is 0 Å². The maximum absolute atomic E-state index is 11.3. The van der Waals surface area contributed by atoms with E-state index in [9.17, 15) is 14.2 Å². The fourth-order valence-electron chi connectivity index (χ4n) is 1.21. The Morgan fingerprint density at radius 1 is 1.47 bits per heavy atom. The summed E-state index contributed by atoms with van der Waals surface area (Å²) in [7, 11) is -4.14. The number of nitrogens with zero attached hydrogens (tertiary/aromatic N) is 1. The average molecular weight is 260 g/mol. The highest BCUT2D eigenvalue weighted by atomic mass is 31.2. The van der Waals surface area contributed by atoms with Crippen LogP contribution in [0.15, 0.2) is 27.7 Å². The molecule has 0 atom stereocenters. The van der Waals surface area contributed by atoms with Crippen molar-refractivity contribution in [3.05, 3.63) is 44.5 Å². The minimum Gasteiger partial charge on any atom is -0.321 e. The molecular weight excluding hydrogens is 247 g/mol. The van der Waals surface area contributed by atoms with E-state index in [1.54, 1.807) is 6.92 Å². The molecular formula is C9H13N2O5P. The molecule has 0 spiro atoms. The summed E-state index contributed by atoms with van der Waals surface area (Å²) in [6.45, 7) is 1.81. The predicted octanol–water partition coefficient (Wildman–Crippen LogP) is -0.0735. The molecule has 0 bridgehead atoms. The molecule has 0 aliphatic carbocycles. The third-order valence-electron chi connectivity index (χ3n) is 2.03. The van der Waals surface area contributed by atoms with Gasteiger partial charge in [0.15, 0.2) is 0 Å². The van der Waals surface area contributed by atoms with Crippen LogP contribution in [0.2, 0.25) is 0 Å². The highest BCUT2D eigenvalue weighted by molar-refractivity contribution is 7.55. The largest absolute Gasteiger partial charge is 0.348 e. The van der Waals surface area contributed by atoms with Gasteiger partial charge in [0.2, 0.25) is 0 Å². The van der Waals surface area contributed by atoms with Crippen LogP contribution in [0.1, 0.15) is 12.0 Å². The van der Waals surface area contributed by atoms with Crippen LogP contribution in [0.5, 0.6) is 0 Å². The summed E-state index contributed by atoms with van der Waals surface area (Å²) in [5.41, 5.74) is -0.564. The zero-order valence-electron chi connectivity index (χ0n) is 9.16. The molecule has 1 aromatic rings. The van der Waals surface area contributed by atoms with E-state index in [1.807, 2.05) is 0 Å². The Morgan fingerprint density at radius 3 is 2.71 bits per heavy atom. The van der Waals surface area contributed by atoms with Crippen molar-refractivity contribution >= 4 is 7.60 Å². The molecule has 0 aromatic carbocycles. The van der Waals surface area contributed by atoms with Gasteiger partial charge in [0.1, 0.15) is 0 Å². The SMILES string of the molecule is Cc1cn(CC/C=C/P(=O)(O)O)c(=O)[nH]c1=O. The van der Waals surface area contributed by atoms with Crippen molar-refractivity contribution in [2.24, 2.45) is 0 Å². The molecule has 0 fully saturated rings. The first-order chi connectivity index (χ1) is 7.79. The van der Waals surface area contributed by atoms with Crippen molar-refractivity contribution in [2.45, 2.75) is 19.9 Å². The lowest BCUT2D eigenvalue weighted by Gasteiger charge is -2.03. The van der Waals surface area contributed by atoms with Gasteiger partial charge >= 0.3 is 13.3 Å². The van der Waals surface area contributed by atoms with E-state index in [1.165, 1.54) is 16.8 Å². The number of aryl methyl sites for hydroxylation is 2. The van der Waals surface area contributed by atoms with Gasteiger partial charge in [0.05, 0.1) is 0 Å². The standard InChI is InChI=1S/C9H13N2O5P/c1-7-6-11(9(13)10-8(7)12)4-2-3-5-17(14,15)16/h3,5-6H,2,4H2,1H3,(H,10,12,13)(H2,14,15,16)/b5-3+. The van der Waals surface area contributed by atoms with Crippen LogP contribution in [0, 0.1) is 6.92 Å². The van der Waals surface area contributed by atoms with Crippen LogP contribution >= 0.6 is 7.60 Å². The highest BCUT2D eigenvalue weighted by Gasteiger charge is 2.05. The van der Waals surface area contributed by atoms with Crippen molar-refractivity contribution in [3.8, 4) is 0 Å². The second-order valence-corrected chi connectivity index (χ2v) is 5.00. The van der Waals surface area contributed by atoms with Crippen LogP contribution in [-0.2, 0) is 11.1 Å². The molecule has 0 radical (unpaired) electrons. The molecule has 7 nitrogen and oxygen atoms in total. The molecule has 8 heteroatoms. The van der Waals surface area contributed by atoms with E-state index >= 15 is 0 Å². The van der Waals surface area contributed by atoms with Crippen LogP contribution in [-0.4, -0.2) is 19.3 Å². The zero-order valence-corrected chi connectivity index (χ0v) is 10.1. The second-order valence-electron chi connectivity index (χ2n) is 3.53. The van der Waals surface area contributed by atoms with Crippen LogP contribution < -0.4 is 11.2 Å². The van der Waals surface area contributed by atoms with E-state index in [-0.39, 0.29) is 13.0 Å². The number of H-pyrrole nitrogens is 1. The van der Waals surface area contributed by atoms with Gasteiger partial charge in [-0.25, -0.2) is 4.79 Å². The van der Waals surface area contributed by atoms with Crippen molar-refractivity contribution in [1.82, 2.24) is 9.55 Å². The zero-order chi connectivity index (χ0) is 13.1. The van der Waals surface area contributed by atoms with Gasteiger partial charge in [-0.1, -0.05) is 6.08 Å². The molecule has 0 aliphatic rings. The summed E-state index contributed by atoms with van der Waals surface area (Å²) in [5, 5.41) is 0. The summed E-state index contributed by atoms with van der Waals surface area (Å²) in [5.74, 6) is 0.788. The molecule has 94 valence electrons. The van der Waals surface area contributed by atoms with Crippen LogP contribution in [0.4, 0.5) is 0 Å². The Bertz CT molecular complexity index is 580. The molecule has 0 amide bonds. The topological polar surface area (TPSA) is 112 Å². The first-order valence-corrected chi connectivity index (χ1v) is 6.51. The fraction of sp³-hybridized carbons (Fsp3) is 0.333. The number of hydrogen-bond donors (Lipinski definition) is 3. The van der Waals surface area contributed by atoms with E-state index in [0.29, 0.717) is 5.56 Å². The molecule has 0 unspecified atom stereocenters. The lowest BCUT2D eigenvalue weighted by atomic mass is 10.3. The van der Waals surface area contributed by atoms with Crippen LogP contribution in [0.3, 0.4) is 0 Å². The number of rotatable bonds is 4. The van der Waals surface area contributed by atoms with Gasteiger partial charge in [-0.2, -0.15) is 0 Å². The number of aromatic amines is 1. The second kappa shape index (κ2) is 5.27. The lowest BCUT2D eigenvalue weighted by molar-refractivity contribution is 0.386. The molecule has 1 rings (SSSR count). The van der Waals surface area contributed by atoms with E-state index in [2.05, 4.69) is 4.98 Å². The summed E-state index contributed by atoms with van der Waals surface area (Å²) in [4.78, 5) is 41.6. The highest BCUT2D eigenvalue weighted by Crippen LogP contribution is 2.35. The Morgan fingerprint density at radius 2 is 2.12 bits per heavy atom. The average Bonchev–Trinajstić information content (AvgIpc) is 2.18. The van der Waals surface area contributed by atoms with E-state index in [0.717, 1.165) is 5.82 Å². The third-order valence-corrected chi connectivity index (χ3v) is 2.62. The lowest BCUT2D eigenvalue weighted by Crippen LogP contribution is -2.30. The molecule has 1 heterocycles. The number of allylic oxidation sites excluding steroid dienone is 1. The van der Waals surface area contributed by atoms with Gasteiger partial charge in [-0.15, -0.1) is 0 Å². The van der Waals surface area contributed by atoms with Crippen molar-refractivity contribution in [2.75, 3.05) is 0 Å². The number of nitrogens with one attached hydrogen (secondary N) is 1. The maximum atomic E-state index is 11.3. The van der Waals surface area contributed by atoms with E-state index in [4.69, 9.17) is 9.79 Å². The normalized spacial score (nSPS) is 12.2. The van der Waals surface area contributed by atoms with Gasteiger partial charge in [-0.3, -0.25) is 14.3 Å². The Labute approximate surface area is 96.6 Å². The first kappa shape index (κ1) is 13.6. The molecule has 17 heavy (non-hydrogen) atoms. The summed E-state index contributed by atoms with van der Waals surface area (Å²) in [6, 6.07) is 0. The van der Waals surface area contributed by atoms with Crippen molar-refractivity contribution < 1.29 is 14.4 Å². The summed E-state index contributed by atoms with van der Waals surface area (Å²) < 4.78 is 11.8. The fourth-order valence-corrected chi connectivity index (χ4v) is 1.63. The molecule has 3 N–H and O–H groups in total. The van der Waals surface area contributed by atoms with Gasteiger partial charge in [-0.05, 0) is 13.3 Å². The molecule has 1 aromatic heterocycles. The quantitative estimate of drug-likeness (QED) is 0.656. The molecule has 0 saturated carbocycles. The number of hydrogen-bond acceptors (Lipinski definition) is 3. The number of aromatic nitrogens is 2. The Kier molecular flexibility index (Phi) is 4.22. The summed E-state index contributed by atoms with van der Waals surface area (Å²) in [6.07, 6.45) is 3.00. The minimum atomic E-state index is -4.14. The Hall–Kier alpha value is -1.43. The van der Waals surface area contributed by atoms with E-state index < -0.39 is 18.8 Å². The van der Waals surface area contributed by atoms with Gasteiger partial charge in [0, 0.05) is 24.1 Å².